The van der Waals surface area contributed by atoms with E-state index in [0.29, 0.717) is 13.1 Å². The van der Waals surface area contributed by atoms with E-state index < -0.39 is 16.0 Å². The Morgan fingerprint density at radius 3 is 2.71 bits per heavy atom. The summed E-state index contributed by atoms with van der Waals surface area (Å²) in [5.74, 6) is -0.717. The highest BCUT2D eigenvalue weighted by Crippen LogP contribution is 2.28. The van der Waals surface area contributed by atoms with Gasteiger partial charge < -0.3 is 10.1 Å². The van der Waals surface area contributed by atoms with Gasteiger partial charge in [0, 0.05) is 25.2 Å². The number of methoxy groups -OCH3 is 1. The molecule has 0 aliphatic carbocycles. The Hall–Kier alpha value is -1.03. The fraction of sp³-hybridized carbons (Fsp3) is 0.667. The number of carbonyl (C=O) groups excluding carboxylic acids is 1. The van der Waals surface area contributed by atoms with E-state index in [2.05, 4.69) is 15.0 Å². The topological polar surface area (TPSA) is 88.6 Å². The maximum Gasteiger partial charge on any atom is 0.358 e. The van der Waals surface area contributed by atoms with Gasteiger partial charge in [0.05, 0.1) is 12.6 Å². The van der Waals surface area contributed by atoms with Gasteiger partial charge in [-0.3, -0.25) is 0 Å². The summed E-state index contributed by atoms with van der Waals surface area (Å²) in [5, 5.41) is 3.44. The maximum absolute atomic E-state index is 12.8. The molecule has 9 heteroatoms. The average molecular weight is 331 g/mol. The lowest BCUT2D eigenvalue weighted by atomic mass is 9.96. The van der Waals surface area contributed by atoms with Gasteiger partial charge in [-0.1, -0.05) is 6.42 Å². The molecule has 2 saturated heterocycles. The summed E-state index contributed by atoms with van der Waals surface area (Å²) in [6.07, 6.45) is 3.09. The zero-order chi connectivity index (χ0) is 15.0. The summed E-state index contributed by atoms with van der Waals surface area (Å²) in [6.45, 7) is 0.884. The van der Waals surface area contributed by atoms with Crippen molar-refractivity contribution in [3.8, 4) is 0 Å². The number of hydrogen-bond acceptors (Lipinski definition) is 7. The Bertz CT molecular complexity index is 631. The number of hydrogen-bond donors (Lipinski definition) is 1. The first-order valence-corrected chi connectivity index (χ1v) is 9.12. The normalized spacial score (nSPS) is 26.5. The summed E-state index contributed by atoms with van der Waals surface area (Å²) in [7, 11) is -2.48. The molecule has 2 fully saturated rings. The van der Waals surface area contributed by atoms with Crippen LogP contribution in [0.1, 0.15) is 29.8 Å². The zero-order valence-corrected chi connectivity index (χ0v) is 13.2. The van der Waals surface area contributed by atoms with Crippen LogP contribution in [0, 0.1) is 0 Å². The number of sulfonamides is 1. The van der Waals surface area contributed by atoms with Gasteiger partial charge in [-0.05, 0) is 12.8 Å². The van der Waals surface area contributed by atoms with Crippen molar-refractivity contribution in [3.63, 3.8) is 0 Å². The van der Waals surface area contributed by atoms with E-state index in [1.165, 1.54) is 16.9 Å². The Kier molecular flexibility index (Phi) is 4.00. The minimum absolute atomic E-state index is 0.0191. The first-order chi connectivity index (χ1) is 10.0. The van der Waals surface area contributed by atoms with Crippen LogP contribution in [0.2, 0.25) is 0 Å². The lowest BCUT2D eigenvalue weighted by molar-refractivity contribution is 0.0590. The Morgan fingerprint density at radius 1 is 1.43 bits per heavy atom. The molecule has 0 spiro atoms. The summed E-state index contributed by atoms with van der Waals surface area (Å²) < 4.78 is 31.6. The van der Waals surface area contributed by atoms with Gasteiger partial charge in [-0.25, -0.2) is 18.2 Å². The lowest BCUT2D eigenvalue weighted by Crippen LogP contribution is -2.59. The number of aromatic nitrogens is 1. The van der Waals surface area contributed by atoms with Crippen molar-refractivity contribution in [3.05, 3.63) is 11.2 Å². The van der Waals surface area contributed by atoms with Gasteiger partial charge in [-0.2, -0.15) is 4.31 Å². The third-order valence-corrected chi connectivity index (χ3v) is 7.09. The molecule has 7 nitrogen and oxygen atoms in total. The number of thiazole rings is 1. The van der Waals surface area contributed by atoms with E-state index >= 15 is 0 Å². The molecule has 0 amide bonds. The molecule has 1 aromatic rings. The number of nitrogens with one attached hydrogen (secondary N) is 1. The van der Waals surface area contributed by atoms with Crippen LogP contribution in [-0.2, 0) is 14.8 Å². The Morgan fingerprint density at radius 2 is 2.10 bits per heavy atom. The monoisotopic (exact) mass is 331 g/mol. The standard InChI is InChI=1S/C12H17N3O4S2/c1-19-11(16)10-12(20-7-13-10)21(17,18)15-5-8-3-2-4-9(6-15)14-8/h7-9,14H,2-6H2,1H3. The Labute approximate surface area is 127 Å². The highest BCUT2D eigenvalue weighted by molar-refractivity contribution is 7.91. The highest BCUT2D eigenvalue weighted by atomic mass is 32.2. The largest absolute Gasteiger partial charge is 0.464 e. The van der Waals surface area contributed by atoms with Crippen molar-refractivity contribution in [1.82, 2.24) is 14.6 Å². The first kappa shape index (κ1) is 14.9. The molecule has 1 aromatic heterocycles. The van der Waals surface area contributed by atoms with Crippen molar-refractivity contribution in [1.29, 1.82) is 0 Å². The molecule has 0 aromatic carbocycles. The molecule has 2 aliphatic heterocycles. The van der Waals surface area contributed by atoms with Crippen LogP contribution in [0.5, 0.6) is 0 Å². The molecular weight excluding hydrogens is 314 g/mol. The van der Waals surface area contributed by atoms with E-state index in [-0.39, 0.29) is 22.0 Å². The van der Waals surface area contributed by atoms with E-state index in [1.807, 2.05) is 0 Å². The number of ether oxygens (including phenoxy) is 1. The fourth-order valence-corrected chi connectivity index (χ4v) is 5.73. The predicted molar refractivity (Wildman–Crippen MR) is 76.8 cm³/mol. The van der Waals surface area contributed by atoms with Crippen molar-refractivity contribution in [2.45, 2.75) is 35.6 Å². The molecule has 3 rings (SSSR count). The third-order valence-electron chi connectivity index (χ3n) is 3.91. The van der Waals surface area contributed by atoms with Gasteiger partial charge in [-0.15, -0.1) is 11.3 Å². The number of rotatable bonds is 3. The van der Waals surface area contributed by atoms with Gasteiger partial charge in [0.15, 0.2) is 9.90 Å². The molecule has 0 saturated carbocycles. The van der Waals surface area contributed by atoms with Crippen LogP contribution in [0.25, 0.3) is 0 Å². The predicted octanol–water partition coefficient (Wildman–Crippen LogP) is 0.445. The number of fused-ring (bicyclic) bond motifs is 2. The van der Waals surface area contributed by atoms with Crippen LogP contribution in [0.15, 0.2) is 9.72 Å². The molecule has 0 radical (unpaired) electrons. The molecule has 3 heterocycles. The van der Waals surface area contributed by atoms with Crippen molar-refractivity contribution >= 4 is 27.3 Å². The number of carbonyl (C=O) groups is 1. The van der Waals surface area contributed by atoms with Crippen LogP contribution >= 0.6 is 11.3 Å². The number of piperazine rings is 1. The first-order valence-electron chi connectivity index (χ1n) is 6.80. The maximum atomic E-state index is 12.8. The number of esters is 1. The van der Waals surface area contributed by atoms with Crippen molar-refractivity contribution in [2.75, 3.05) is 20.2 Å². The number of piperidine rings is 1. The molecule has 116 valence electrons. The third kappa shape index (κ3) is 2.70. The summed E-state index contributed by atoms with van der Waals surface area (Å²) >= 11 is 0.960. The van der Waals surface area contributed by atoms with Crippen LogP contribution in [0.4, 0.5) is 0 Å². The van der Waals surface area contributed by atoms with Crippen molar-refractivity contribution < 1.29 is 17.9 Å². The van der Waals surface area contributed by atoms with Gasteiger partial charge in [0.25, 0.3) is 10.0 Å². The smallest absolute Gasteiger partial charge is 0.358 e. The van der Waals surface area contributed by atoms with Crippen molar-refractivity contribution in [2.24, 2.45) is 0 Å². The second-order valence-corrected chi connectivity index (χ2v) is 8.28. The minimum atomic E-state index is -3.70. The minimum Gasteiger partial charge on any atom is -0.464 e. The van der Waals surface area contributed by atoms with E-state index in [9.17, 15) is 13.2 Å². The lowest BCUT2D eigenvalue weighted by Gasteiger charge is -2.41. The Balaban J connectivity index is 1.90. The molecule has 2 bridgehead atoms. The summed E-state index contributed by atoms with van der Waals surface area (Å²) in [6, 6.07) is 0.392. The van der Waals surface area contributed by atoms with Crippen LogP contribution < -0.4 is 5.32 Å². The highest BCUT2D eigenvalue weighted by Gasteiger charge is 2.39. The van der Waals surface area contributed by atoms with Crippen LogP contribution in [-0.4, -0.2) is 56.0 Å². The molecule has 2 aliphatic rings. The summed E-state index contributed by atoms with van der Waals surface area (Å²) in [5.41, 5.74) is 1.24. The van der Waals surface area contributed by atoms with E-state index in [4.69, 9.17) is 0 Å². The van der Waals surface area contributed by atoms with E-state index in [0.717, 1.165) is 30.6 Å². The molecule has 2 atom stereocenters. The van der Waals surface area contributed by atoms with E-state index in [1.54, 1.807) is 0 Å². The molecule has 21 heavy (non-hydrogen) atoms. The number of nitrogens with zero attached hydrogens (tertiary/aromatic N) is 2. The molecule has 1 N–H and O–H groups in total. The van der Waals surface area contributed by atoms with Crippen LogP contribution in [0.3, 0.4) is 0 Å². The summed E-state index contributed by atoms with van der Waals surface area (Å²) in [4.78, 5) is 15.5. The second kappa shape index (κ2) is 5.64. The van der Waals surface area contributed by atoms with Gasteiger partial charge >= 0.3 is 5.97 Å². The second-order valence-electron chi connectivity index (χ2n) is 5.29. The molecular formula is C12H17N3O4S2. The average Bonchev–Trinajstić information content (AvgIpc) is 2.96. The zero-order valence-electron chi connectivity index (χ0n) is 11.6. The quantitative estimate of drug-likeness (QED) is 0.809. The molecule has 2 unspecified atom stereocenters. The fourth-order valence-electron chi connectivity index (χ4n) is 2.93. The van der Waals surface area contributed by atoms with Gasteiger partial charge in [0.1, 0.15) is 0 Å². The SMILES string of the molecule is COC(=O)c1ncsc1S(=O)(=O)N1CC2CCCC(C1)N2. The van der Waals surface area contributed by atoms with Gasteiger partial charge in [0.2, 0.25) is 0 Å².